The molecular formula is C19H26N4O2. The predicted molar refractivity (Wildman–Crippen MR) is 93.1 cm³/mol. The van der Waals surface area contributed by atoms with Crippen molar-refractivity contribution in [3.63, 3.8) is 0 Å². The van der Waals surface area contributed by atoms with Gasteiger partial charge in [-0.05, 0) is 50.7 Å². The van der Waals surface area contributed by atoms with E-state index in [0.29, 0.717) is 18.3 Å². The molecule has 0 bridgehead atoms. The van der Waals surface area contributed by atoms with E-state index < -0.39 is 5.60 Å². The van der Waals surface area contributed by atoms with Crippen LogP contribution in [0.1, 0.15) is 38.3 Å². The standard InChI is InChI=1S/C19H26N4O2/c1-18(25)8-15(9-18)17(24)22-11-19(12-22)6-14(7-19)10-21-5-3-16-2-4-20-23(16)13-21/h2-5,14-15,25H,6-13H2,1H3. The predicted octanol–water partition coefficient (Wildman–Crippen LogP) is 1.53. The van der Waals surface area contributed by atoms with Gasteiger partial charge >= 0.3 is 0 Å². The molecule has 1 aromatic rings. The quantitative estimate of drug-likeness (QED) is 0.905. The number of likely N-dealkylation sites (tertiary alicyclic amines) is 1. The first-order valence-electron chi connectivity index (χ1n) is 9.37. The van der Waals surface area contributed by atoms with Crippen LogP contribution in [0.2, 0.25) is 0 Å². The minimum atomic E-state index is -0.610. The summed E-state index contributed by atoms with van der Waals surface area (Å²) < 4.78 is 2.03. The molecule has 6 nitrogen and oxygen atoms in total. The molecule has 4 aliphatic rings. The number of fused-ring (bicyclic) bond motifs is 1. The zero-order chi connectivity index (χ0) is 17.2. The van der Waals surface area contributed by atoms with E-state index in [1.807, 2.05) is 28.8 Å². The lowest BCUT2D eigenvalue weighted by atomic mass is 9.57. The fourth-order valence-electron chi connectivity index (χ4n) is 5.36. The first-order valence-corrected chi connectivity index (χ1v) is 9.37. The van der Waals surface area contributed by atoms with Crippen LogP contribution in [0.5, 0.6) is 0 Å². The van der Waals surface area contributed by atoms with Crippen molar-refractivity contribution in [2.75, 3.05) is 19.6 Å². The lowest BCUT2D eigenvalue weighted by Crippen LogP contribution is -2.66. The Bertz CT molecular complexity index is 716. The summed E-state index contributed by atoms with van der Waals surface area (Å²) in [6, 6.07) is 2.04. The Morgan fingerprint density at radius 3 is 2.80 bits per heavy atom. The molecule has 3 heterocycles. The number of aliphatic hydroxyl groups is 1. The van der Waals surface area contributed by atoms with Crippen molar-refractivity contribution in [1.82, 2.24) is 19.6 Å². The van der Waals surface area contributed by atoms with Gasteiger partial charge in [0.1, 0.15) is 6.67 Å². The number of hydrogen-bond acceptors (Lipinski definition) is 4. The van der Waals surface area contributed by atoms with Gasteiger partial charge < -0.3 is 14.9 Å². The monoisotopic (exact) mass is 342 g/mol. The molecular weight excluding hydrogens is 316 g/mol. The second-order valence-corrected chi connectivity index (χ2v) is 9.05. The van der Waals surface area contributed by atoms with E-state index in [-0.39, 0.29) is 11.8 Å². The van der Waals surface area contributed by atoms with Gasteiger partial charge in [0.2, 0.25) is 5.91 Å². The van der Waals surface area contributed by atoms with Crippen LogP contribution >= 0.6 is 0 Å². The van der Waals surface area contributed by atoms with Crippen LogP contribution in [0, 0.1) is 17.3 Å². The largest absolute Gasteiger partial charge is 0.390 e. The Hall–Kier alpha value is -1.82. The average molecular weight is 342 g/mol. The van der Waals surface area contributed by atoms with Crippen molar-refractivity contribution in [2.24, 2.45) is 17.3 Å². The van der Waals surface area contributed by atoms with Crippen molar-refractivity contribution >= 4 is 12.0 Å². The molecule has 6 heteroatoms. The van der Waals surface area contributed by atoms with Crippen LogP contribution in [0.3, 0.4) is 0 Å². The summed E-state index contributed by atoms with van der Waals surface area (Å²) in [6.45, 7) is 5.61. The molecule has 1 spiro atoms. The Balaban J connectivity index is 1.07. The third-order valence-corrected chi connectivity index (χ3v) is 6.54. The summed E-state index contributed by atoms with van der Waals surface area (Å²) in [6.07, 6.45) is 9.89. The maximum atomic E-state index is 12.4. The fourth-order valence-corrected chi connectivity index (χ4v) is 5.36. The van der Waals surface area contributed by atoms with E-state index in [9.17, 15) is 9.90 Å². The molecule has 3 fully saturated rings. The van der Waals surface area contributed by atoms with Gasteiger partial charge in [-0.15, -0.1) is 0 Å². The van der Waals surface area contributed by atoms with Crippen LogP contribution in [-0.4, -0.2) is 55.8 Å². The normalized spacial score (nSPS) is 32.8. The number of hydrogen-bond donors (Lipinski definition) is 1. The highest BCUT2D eigenvalue weighted by molar-refractivity contribution is 5.81. The molecule has 1 aromatic heterocycles. The fraction of sp³-hybridized carbons (Fsp3) is 0.684. The molecule has 2 saturated carbocycles. The molecule has 0 radical (unpaired) electrons. The van der Waals surface area contributed by atoms with E-state index in [4.69, 9.17) is 0 Å². The van der Waals surface area contributed by atoms with E-state index >= 15 is 0 Å². The number of rotatable bonds is 3. The molecule has 5 rings (SSSR count). The summed E-state index contributed by atoms with van der Waals surface area (Å²) in [4.78, 5) is 16.8. The van der Waals surface area contributed by atoms with Gasteiger partial charge in [-0.1, -0.05) is 0 Å². The SMILES string of the molecule is CC1(O)CC(C(=O)N2CC3(CC(CN4C=Cc5ccnn5C4)C3)C2)C1. The molecule has 2 aliphatic heterocycles. The molecule has 1 N–H and O–H groups in total. The highest BCUT2D eigenvalue weighted by atomic mass is 16.3. The lowest BCUT2D eigenvalue weighted by Gasteiger charge is -2.60. The van der Waals surface area contributed by atoms with Crippen molar-refractivity contribution in [2.45, 2.75) is 44.9 Å². The maximum Gasteiger partial charge on any atom is 0.225 e. The molecule has 0 atom stereocenters. The maximum absolute atomic E-state index is 12.4. The topological polar surface area (TPSA) is 61.6 Å². The number of amides is 1. The third-order valence-electron chi connectivity index (χ3n) is 6.54. The van der Waals surface area contributed by atoms with Gasteiger partial charge in [-0.2, -0.15) is 5.10 Å². The Labute approximate surface area is 148 Å². The van der Waals surface area contributed by atoms with Gasteiger partial charge in [0, 0.05) is 43.4 Å². The van der Waals surface area contributed by atoms with E-state index in [1.54, 1.807) is 0 Å². The molecule has 0 unspecified atom stereocenters. The Morgan fingerprint density at radius 2 is 2.08 bits per heavy atom. The summed E-state index contributed by atoms with van der Waals surface area (Å²) in [5.74, 6) is 1.05. The molecule has 1 amide bonds. The Kier molecular flexibility index (Phi) is 3.15. The van der Waals surface area contributed by atoms with Crippen LogP contribution in [0.15, 0.2) is 18.5 Å². The molecule has 1 saturated heterocycles. The summed E-state index contributed by atoms with van der Waals surface area (Å²) in [7, 11) is 0. The van der Waals surface area contributed by atoms with E-state index in [1.165, 1.54) is 18.5 Å². The van der Waals surface area contributed by atoms with Crippen LogP contribution in [0.4, 0.5) is 0 Å². The smallest absolute Gasteiger partial charge is 0.225 e. The third kappa shape index (κ3) is 2.58. The first kappa shape index (κ1) is 15.4. The van der Waals surface area contributed by atoms with Crippen molar-refractivity contribution in [1.29, 1.82) is 0 Å². The second kappa shape index (κ2) is 5.10. The van der Waals surface area contributed by atoms with Crippen LogP contribution < -0.4 is 0 Å². The van der Waals surface area contributed by atoms with Crippen molar-refractivity contribution < 1.29 is 9.90 Å². The number of carbonyl (C=O) groups is 1. The number of aromatic nitrogens is 2. The highest BCUT2D eigenvalue weighted by Gasteiger charge is 2.55. The minimum absolute atomic E-state index is 0.0602. The number of carbonyl (C=O) groups excluding carboxylic acids is 1. The summed E-state index contributed by atoms with van der Waals surface area (Å²) >= 11 is 0. The van der Waals surface area contributed by atoms with Crippen molar-refractivity contribution in [3.8, 4) is 0 Å². The number of nitrogens with zero attached hydrogens (tertiary/aromatic N) is 4. The Morgan fingerprint density at radius 1 is 1.32 bits per heavy atom. The average Bonchev–Trinajstić information content (AvgIpc) is 2.92. The zero-order valence-electron chi connectivity index (χ0n) is 14.8. The highest BCUT2D eigenvalue weighted by Crippen LogP contribution is 2.53. The van der Waals surface area contributed by atoms with Gasteiger partial charge in [0.05, 0.1) is 11.3 Å². The molecule has 0 aromatic carbocycles. The van der Waals surface area contributed by atoms with Gasteiger partial charge in [-0.3, -0.25) is 4.79 Å². The minimum Gasteiger partial charge on any atom is -0.390 e. The molecule has 25 heavy (non-hydrogen) atoms. The van der Waals surface area contributed by atoms with Gasteiger partial charge in [0.15, 0.2) is 0 Å². The summed E-state index contributed by atoms with van der Waals surface area (Å²) in [5, 5.41) is 14.2. The van der Waals surface area contributed by atoms with Gasteiger partial charge in [-0.25, -0.2) is 4.68 Å². The summed E-state index contributed by atoms with van der Waals surface area (Å²) in [5.41, 5.74) is 0.952. The first-order chi connectivity index (χ1) is 11.9. The van der Waals surface area contributed by atoms with E-state index in [2.05, 4.69) is 22.3 Å². The van der Waals surface area contributed by atoms with Crippen LogP contribution in [0.25, 0.3) is 6.08 Å². The van der Waals surface area contributed by atoms with Gasteiger partial charge in [0.25, 0.3) is 0 Å². The van der Waals surface area contributed by atoms with E-state index in [0.717, 1.165) is 32.2 Å². The second-order valence-electron chi connectivity index (χ2n) is 9.05. The molecule has 134 valence electrons. The lowest BCUT2D eigenvalue weighted by molar-refractivity contribution is -0.171. The zero-order valence-corrected chi connectivity index (χ0v) is 14.8. The van der Waals surface area contributed by atoms with Crippen LogP contribution in [-0.2, 0) is 11.5 Å². The molecule has 2 aliphatic carbocycles. The van der Waals surface area contributed by atoms with Crippen molar-refractivity contribution in [3.05, 3.63) is 24.2 Å².